The van der Waals surface area contributed by atoms with Crippen molar-refractivity contribution in [2.45, 2.75) is 6.61 Å². The van der Waals surface area contributed by atoms with Crippen LogP contribution in [0.15, 0.2) is 30.3 Å². The predicted molar refractivity (Wildman–Crippen MR) is 80.2 cm³/mol. The molecule has 0 amide bonds. The fourth-order valence-corrected chi connectivity index (χ4v) is 1.96. The molecule has 1 aromatic carbocycles. The van der Waals surface area contributed by atoms with Crippen molar-refractivity contribution in [3.63, 3.8) is 0 Å². The molecule has 0 aliphatic heterocycles. The number of benzene rings is 1. The summed E-state index contributed by atoms with van der Waals surface area (Å²) in [7, 11) is 1.59. The fourth-order valence-electron chi connectivity index (χ4n) is 1.40. The van der Waals surface area contributed by atoms with Crippen molar-refractivity contribution in [2.24, 2.45) is 0 Å². The fraction of sp³-hybridized carbons (Fsp3) is 0.167. The molecule has 0 unspecified atom stereocenters. The monoisotopic (exact) mass is 375 g/mol. The number of ether oxygens (including phenoxy) is 1. The van der Waals surface area contributed by atoms with Crippen LogP contribution in [-0.4, -0.2) is 17.1 Å². The quantitative estimate of drug-likeness (QED) is 0.655. The molecule has 0 spiro atoms. The van der Waals surface area contributed by atoms with Crippen molar-refractivity contribution in [1.82, 2.24) is 9.97 Å². The lowest BCUT2D eigenvalue weighted by Gasteiger charge is -2.07. The van der Waals surface area contributed by atoms with E-state index in [1.165, 1.54) is 3.57 Å². The van der Waals surface area contributed by atoms with Crippen LogP contribution in [-0.2, 0) is 11.3 Å². The van der Waals surface area contributed by atoms with Crippen molar-refractivity contribution in [1.29, 1.82) is 0 Å². The first-order valence-corrected chi connectivity index (χ1v) is 6.68. The summed E-state index contributed by atoms with van der Waals surface area (Å²) < 4.78 is 6.17. The van der Waals surface area contributed by atoms with Crippen LogP contribution >= 0.6 is 34.2 Å². The normalized spacial score (nSPS) is 10.4. The van der Waals surface area contributed by atoms with Crippen LogP contribution in [0.25, 0.3) is 0 Å². The second kappa shape index (κ2) is 6.31. The standard InChI is InChI=1S/C12H11ClIN3O/c1-18-7-12-16-10(13)6-11(17-12)15-9-4-2-8(14)3-5-9/h2-6H,7H2,1H3,(H,15,16,17). The Morgan fingerprint density at radius 3 is 2.67 bits per heavy atom. The minimum atomic E-state index is 0.335. The Bertz CT molecular complexity index is 533. The molecule has 0 radical (unpaired) electrons. The smallest absolute Gasteiger partial charge is 0.158 e. The van der Waals surface area contributed by atoms with Crippen LogP contribution in [0.1, 0.15) is 5.82 Å². The van der Waals surface area contributed by atoms with Crippen LogP contribution < -0.4 is 5.32 Å². The zero-order valence-corrected chi connectivity index (χ0v) is 12.6. The van der Waals surface area contributed by atoms with Gasteiger partial charge in [0.15, 0.2) is 5.82 Å². The van der Waals surface area contributed by atoms with Crippen molar-refractivity contribution < 1.29 is 4.74 Å². The van der Waals surface area contributed by atoms with Gasteiger partial charge in [-0.05, 0) is 46.9 Å². The Hall–Kier alpha value is -0.920. The summed E-state index contributed by atoms with van der Waals surface area (Å²) in [6, 6.07) is 9.67. The van der Waals surface area contributed by atoms with Crippen LogP contribution in [0.2, 0.25) is 5.15 Å². The van der Waals surface area contributed by atoms with E-state index in [1.54, 1.807) is 13.2 Å². The number of aromatic nitrogens is 2. The van der Waals surface area contributed by atoms with Gasteiger partial charge >= 0.3 is 0 Å². The molecule has 6 heteroatoms. The molecule has 0 atom stereocenters. The third-order valence-corrected chi connectivity index (χ3v) is 3.04. The molecule has 18 heavy (non-hydrogen) atoms. The highest BCUT2D eigenvalue weighted by Gasteiger charge is 2.03. The van der Waals surface area contributed by atoms with Gasteiger partial charge in [-0.15, -0.1) is 0 Å². The molecule has 0 bridgehead atoms. The van der Waals surface area contributed by atoms with Gasteiger partial charge in [0, 0.05) is 22.4 Å². The van der Waals surface area contributed by atoms with Gasteiger partial charge in [0.25, 0.3) is 0 Å². The second-order valence-corrected chi connectivity index (χ2v) is 5.19. The van der Waals surface area contributed by atoms with Crippen molar-refractivity contribution in [3.8, 4) is 0 Å². The summed E-state index contributed by atoms with van der Waals surface area (Å²) in [4.78, 5) is 8.37. The van der Waals surface area contributed by atoms with Crippen LogP contribution in [0, 0.1) is 3.57 Å². The Labute approximate surface area is 124 Å². The van der Waals surface area contributed by atoms with E-state index in [2.05, 4.69) is 37.9 Å². The molecule has 2 aromatic rings. The summed E-state index contributed by atoms with van der Waals surface area (Å²) in [5.41, 5.74) is 0.952. The van der Waals surface area contributed by atoms with E-state index in [0.29, 0.717) is 23.4 Å². The number of hydrogen-bond acceptors (Lipinski definition) is 4. The maximum absolute atomic E-state index is 5.93. The first-order valence-electron chi connectivity index (χ1n) is 5.22. The molecule has 4 nitrogen and oxygen atoms in total. The van der Waals surface area contributed by atoms with Gasteiger partial charge in [-0.25, -0.2) is 9.97 Å². The van der Waals surface area contributed by atoms with E-state index in [4.69, 9.17) is 16.3 Å². The summed E-state index contributed by atoms with van der Waals surface area (Å²) in [5, 5.41) is 3.57. The van der Waals surface area contributed by atoms with Crippen molar-refractivity contribution >= 4 is 45.7 Å². The predicted octanol–water partition coefficient (Wildman–Crippen LogP) is 3.62. The Balaban J connectivity index is 2.20. The lowest BCUT2D eigenvalue weighted by molar-refractivity contribution is 0.178. The Kier molecular flexibility index (Phi) is 4.73. The zero-order chi connectivity index (χ0) is 13.0. The highest BCUT2D eigenvalue weighted by atomic mass is 127. The average Bonchev–Trinajstić information content (AvgIpc) is 2.32. The number of halogens is 2. The van der Waals surface area contributed by atoms with E-state index in [0.717, 1.165) is 5.69 Å². The Morgan fingerprint density at radius 1 is 1.28 bits per heavy atom. The van der Waals surface area contributed by atoms with Gasteiger partial charge in [0.1, 0.15) is 17.6 Å². The molecule has 0 saturated carbocycles. The summed E-state index contributed by atoms with van der Waals surface area (Å²) in [5.74, 6) is 1.21. The molecule has 1 N–H and O–H groups in total. The maximum atomic E-state index is 5.93. The van der Waals surface area contributed by atoms with Crippen LogP contribution in [0.5, 0.6) is 0 Å². The molecular formula is C12H11ClIN3O. The molecule has 1 heterocycles. The number of rotatable bonds is 4. The topological polar surface area (TPSA) is 47.0 Å². The second-order valence-electron chi connectivity index (χ2n) is 3.56. The lowest BCUT2D eigenvalue weighted by Crippen LogP contribution is -2.01. The molecule has 1 aromatic heterocycles. The minimum Gasteiger partial charge on any atom is -0.377 e. The van der Waals surface area contributed by atoms with Crippen molar-refractivity contribution in [2.75, 3.05) is 12.4 Å². The third kappa shape index (κ3) is 3.79. The molecule has 0 fully saturated rings. The van der Waals surface area contributed by atoms with Crippen LogP contribution in [0.4, 0.5) is 11.5 Å². The molecule has 0 aliphatic rings. The van der Waals surface area contributed by atoms with E-state index >= 15 is 0 Å². The van der Waals surface area contributed by atoms with Gasteiger partial charge in [-0.2, -0.15) is 0 Å². The van der Waals surface area contributed by atoms with Gasteiger partial charge in [0.05, 0.1) is 0 Å². The highest BCUT2D eigenvalue weighted by Crippen LogP contribution is 2.18. The first kappa shape index (κ1) is 13.5. The average molecular weight is 376 g/mol. The maximum Gasteiger partial charge on any atom is 0.158 e. The molecule has 2 rings (SSSR count). The van der Waals surface area contributed by atoms with Gasteiger partial charge in [0.2, 0.25) is 0 Å². The molecule has 0 saturated heterocycles. The van der Waals surface area contributed by atoms with E-state index in [-0.39, 0.29) is 0 Å². The third-order valence-electron chi connectivity index (χ3n) is 2.13. The Morgan fingerprint density at radius 2 is 2.00 bits per heavy atom. The largest absolute Gasteiger partial charge is 0.377 e. The van der Waals surface area contributed by atoms with E-state index in [1.807, 2.05) is 24.3 Å². The van der Waals surface area contributed by atoms with E-state index < -0.39 is 0 Å². The molecule has 0 aliphatic carbocycles. The number of hydrogen-bond donors (Lipinski definition) is 1. The minimum absolute atomic E-state index is 0.335. The number of nitrogens with zero attached hydrogens (tertiary/aromatic N) is 2. The number of methoxy groups -OCH3 is 1. The van der Waals surface area contributed by atoms with Gasteiger partial charge < -0.3 is 10.1 Å². The molecular weight excluding hydrogens is 365 g/mol. The first-order chi connectivity index (χ1) is 8.67. The number of anilines is 2. The zero-order valence-electron chi connectivity index (χ0n) is 9.65. The lowest BCUT2D eigenvalue weighted by atomic mass is 10.3. The van der Waals surface area contributed by atoms with Gasteiger partial charge in [-0.3, -0.25) is 0 Å². The number of nitrogens with one attached hydrogen (secondary N) is 1. The SMILES string of the molecule is COCc1nc(Cl)cc(Nc2ccc(I)cc2)n1. The summed E-state index contributed by atoms with van der Waals surface area (Å²) in [6.45, 7) is 0.335. The van der Waals surface area contributed by atoms with Gasteiger partial charge in [-0.1, -0.05) is 11.6 Å². The van der Waals surface area contributed by atoms with E-state index in [9.17, 15) is 0 Å². The summed E-state index contributed by atoms with van der Waals surface area (Å²) in [6.07, 6.45) is 0. The van der Waals surface area contributed by atoms with Crippen molar-refractivity contribution in [3.05, 3.63) is 44.9 Å². The summed E-state index contributed by atoms with van der Waals surface area (Å²) >= 11 is 8.19. The molecule has 94 valence electrons. The van der Waals surface area contributed by atoms with Crippen LogP contribution in [0.3, 0.4) is 0 Å². The highest BCUT2D eigenvalue weighted by molar-refractivity contribution is 14.1.